The molecule has 0 radical (unpaired) electrons. The van der Waals surface area contributed by atoms with Gasteiger partial charge >= 0.3 is 0 Å². The van der Waals surface area contributed by atoms with Crippen molar-refractivity contribution in [2.75, 3.05) is 6.61 Å². The van der Waals surface area contributed by atoms with Crippen LogP contribution in [0.3, 0.4) is 0 Å². The third-order valence-corrected chi connectivity index (χ3v) is 5.30. The van der Waals surface area contributed by atoms with E-state index in [4.69, 9.17) is 9.29 Å². The number of ether oxygens (including phenoxy) is 1. The number of aryl methyl sites for hydroxylation is 1. The molecule has 1 atom stereocenters. The molecule has 23 heavy (non-hydrogen) atoms. The summed E-state index contributed by atoms with van der Waals surface area (Å²) in [5.41, 5.74) is 1.30. The summed E-state index contributed by atoms with van der Waals surface area (Å²) in [6.45, 7) is 3.98. The van der Waals surface area contributed by atoms with Crippen LogP contribution in [0.25, 0.3) is 0 Å². The molecule has 5 heteroatoms. The van der Waals surface area contributed by atoms with Crippen LogP contribution in [0.5, 0.6) is 5.75 Å². The molecule has 0 aliphatic heterocycles. The number of hydrogen-bond donors (Lipinski definition) is 1. The Morgan fingerprint density at radius 3 is 2.26 bits per heavy atom. The summed E-state index contributed by atoms with van der Waals surface area (Å²) in [7, 11) is -3.96. The SMILES string of the molecule is CCCCCCCCc1ccc(OCCC(C)S(=O)(=O)O)cc1. The average Bonchev–Trinajstić information content (AvgIpc) is 2.51. The van der Waals surface area contributed by atoms with Crippen molar-refractivity contribution in [1.29, 1.82) is 0 Å². The average molecular weight is 343 g/mol. The summed E-state index contributed by atoms with van der Waals surface area (Å²) in [6.07, 6.45) is 9.14. The molecule has 0 saturated carbocycles. The molecular weight excluding hydrogens is 312 g/mol. The zero-order chi connectivity index (χ0) is 17.1. The van der Waals surface area contributed by atoms with Crippen molar-refractivity contribution in [3.63, 3.8) is 0 Å². The second kappa shape index (κ2) is 10.7. The van der Waals surface area contributed by atoms with Gasteiger partial charge in [0, 0.05) is 6.42 Å². The minimum Gasteiger partial charge on any atom is -0.494 e. The van der Waals surface area contributed by atoms with Crippen LogP contribution in [0.1, 0.15) is 64.4 Å². The summed E-state index contributed by atoms with van der Waals surface area (Å²) in [4.78, 5) is 0. The van der Waals surface area contributed by atoms with E-state index in [1.54, 1.807) is 0 Å². The van der Waals surface area contributed by atoms with Gasteiger partial charge in [0.05, 0.1) is 11.9 Å². The Balaban J connectivity index is 2.23. The first kappa shape index (κ1) is 20.0. The zero-order valence-electron chi connectivity index (χ0n) is 14.3. The van der Waals surface area contributed by atoms with Crippen LogP contribution >= 0.6 is 0 Å². The smallest absolute Gasteiger partial charge is 0.267 e. The van der Waals surface area contributed by atoms with E-state index in [0.29, 0.717) is 0 Å². The highest BCUT2D eigenvalue weighted by Gasteiger charge is 2.16. The van der Waals surface area contributed by atoms with Crippen molar-refractivity contribution in [2.24, 2.45) is 0 Å². The van der Waals surface area contributed by atoms with E-state index < -0.39 is 15.4 Å². The Morgan fingerprint density at radius 2 is 1.65 bits per heavy atom. The van der Waals surface area contributed by atoms with E-state index in [2.05, 4.69) is 19.1 Å². The normalized spacial score (nSPS) is 13.0. The molecule has 0 aliphatic carbocycles. The van der Waals surface area contributed by atoms with Crippen LogP contribution in [0.2, 0.25) is 0 Å². The third-order valence-electron chi connectivity index (χ3n) is 4.04. The monoisotopic (exact) mass is 342 g/mol. The van der Waals surface area contributed by atoms with Crippen LogP contribution in [0.15, 0.2) is 24.3 Å². The Morgan fingerprint density at radius 1 is 1.04 bits per heavy atom. The van der Waals surface area contributed by atoms with E-state index in [-0.39, 0.29) is 13.0 Å². The molecule has 0 heterocycles. The molecule has 0 bridgehead atoms. The molecule has 0 saturated heterocycles. The molecule has 0 fully saturated rings. The fourth-order valence-corrected chi connectivity index (χ4v) is 2.75. The van der Waals surface area contributed by atoms with Crippen molar-refractivity contribution < 1.29 is 17.7 Å². The summed E-state index contributed by atoms with van der Waals surface area (Å²) < 4.78 is 36.2. The van der Waals surface area contributed by atoms with Gasteiger partial charge in [-0.15, -0.1) is 0 Å². The van der Waals surface area contributed by atoms with Crippen LogP contribution in [-0.4, -0.2) is 24.8 Å². The Labute approximate surface area is 141 Å². The minimum atomic E-state index is -3.96. The molecule has 1 rings (SSSR count). The lowest BCUT2D eigenvalue weighted by atomic mass is 10.0. The second-order valence-electron chi connectivity index (χ2n) is 6.12. The Kier molecular flexibility index (Phi) is 9.26. The van der Waals surface area contributed by atoms with Gasteiger partial charge in [0.25, 0.3) is 10.1 Å². The fraction of sp³-hybridized carbons (Fsp3) is 0.667. The maximum Gasteiger partial charge on any atom is 0.267 e. The highest BCUT2D eigenvalue weighted by atomic mass is 32.2. The first-order chi connectivity index (χ1) is 10.9. The summed E-state index contributed by atoms with van der Waals surface area (Å²) >= 11 is 0. The maximum absolute atomic E-state index is 10.9. The van der Waals surface area contributed by atoms with Gasteiger partial charge in [-0.1, -0.05) is 51.2 Å². The van der Waals surface area contributed by atoms with Gasteiger partial charge in [-0.25, -0.2) is 0 Å². The summed E-state index contributed by atoms with van der Waals surface area (Å²) in [5, 5.41) is -0.797. The number of hydrogen-bond acceptors (Lipinski definition) is 3. The minimum absolute atomic E-state index is 0.276. The highest BCUT2D eigenvalue weighted by molar-refractivity contribution is 7.86. The van der Waals surface area contributed by atoms with Gasteiger partial charge in [-0.2, -0.15) is 8.42 Å². The van der Waals surface area contributed by atoms with Crippen LogP contribution < -0.4 is 4.74 Å². The summed E-state index contributed by atoms with van der Waals surface area (Å²) in [6, 6.07) is 7.97. The van der Waals surface area contributed by atoms with Crippen molar-refractivity contribution in [3.05, 3.63) is 29.8 Å². The topological polar surface area (TPSA) is 63.6 Å². The molecule has 1 aromatic rings. The maximum atomic E-state index is 10.9. The molecule has 132 valence electrons. The van der Waals surface area contributed by atoms with E-state index >= 15 is 0 Å². The predicted octanol–water partition coefficient (Wildman–Crippen LogP) is 4.63. The Bertz CT molecular complexity index is 522. The molecule has 0 aliphatic rings. The lowest BCUT2D eigenvalue weighted by molar-refractivity contribution is 0.306. The van der Waals surface area contributed by atoms with E-state index in [1.165, 1.54) is 51.0 Å². The standard InChI is InChI=1S/C18H30O4S/c1-3-4-5-6-7-8-9-17-10-12-18(13-11-17)22-15-14-16(2)23(19,20)21/h10-13,16H,3-9,14-15H2,1-2H3,(H,19,20,21). The second-order valence-corrected chi connectivity index (χ2v) is 7.96. The van der Waals surface area contributed by atoms with Crippen LogP contribution in [0.4, 0.5) is 0 Å². The largest absolute Gasteiger partial charge is 0.494 e. The number of unbranched alkanes of at least 4 members (excludes halogenated alkanes) is 5. The first-order valence-corrected chi connectivity index (χ1v) is 10.1. The van der Waals surface area contributed by atoms with E-state index in [0.717, 1.165) is 12.2 Å². The van der Waals surface area contributed by atoms with Gasteiger partial charge < -0.3 is 4.74 Å². The van der Waals surface area contributed by atoms with Crippen LogP contribution in [0, 0.1) is 0 Å². The molecule has 0 aromatic heterocycles. The third kappa shape index (κ3) is 8.96. The van der Waals surface area contributed by atoms with E-state index in [1.807, 2.05) is 12.1 Å². The Hall–Kier alpha value is -1.07. The quantitative estimate of drug-likeness (QED) is 0.444. The number of rotatable bonds is 12. The lowest BCUT2D eigenvalue weighted by Gasteiger charge is -2.10. The molecule has 0 amide bonds. The lowest BCUT2D eigenvalue weighted by Crippen LogP contribution is -2.19. The fourth-order valence-electron chi connectivity index (χ4n) is 2.35. The van der Waals surface area contributed by atoms with Crippen molar-refractivity contribution >= 4 is 10.1 Å². The van der Waals surface area contributed by atoms with Crippen LogP contribution in [-0.2, 0) is 16.5 Å². The first-order valence-electron chi connectivity index (χ1n) is 8.61. The van der Waals surface area contributed by atoms with Crippen molar-refractivity contribution in [2.45, 2.75) is 70.5 Å². The number of benzene rings is 1. The molecule has 4 nitrogen and oxygen atoms in total. The van der Waals surface area contributed by atoms with Gasteiger partial charge in [-0.3, -0.25) is 4.55 Å². The molecule has 1 unspecified atom stereocenters. The highest BCUT2D eigenvalue weighted by Crippen LogP contribution is 2.16. The zero-order valence-corrected chi connectivity index (χ0v) is 15.1. The van der Waals surface area contributed by atoms with Gasteiger partial charge in [0.1, 0.15) is 5.75 Å². The van der Waals surface area contributed by atoms with Gasteiger partial charge in [0.15, 0.2) is 0 Å². The van der Waals surface area contributed by atoms with Crippen molar-refractivity contribution in [3.8, 4) is 5.75 Å². The molecule has 0 spiro atoms. The van der Waals surface area contributed by atoms with Crippen molar-refractivity contribution in [1.82, 2.24) is 0 Å². The molecule has 1 aromatic carbocycles. The molecular formula is C18H30O4S. The predicted molar refractivity (Wildman–Crippen MR) is 94.6 cm³/mol. The van der Waals surface area contributed by atoms with E-state index in [9.17, 15) is 8.42 Å². The van der Waals surface area contributed by atoms with Gasteiger partial charge in [0.2, 0.25) is 0 Å². The summed E-state index contributed by atoms with van der Waals surface area (Å²) in [5.74, 6) is 0.735. The molecule has 1 N–H and O–H groups in total. The van der Waals surface area contributed by atoms with Gasteiger partial charge in [-0.05, 0) is 37.5 Å².